The molecule has 0 fully saturated rings. The van der Waals surface area contributed by atoms with Gasteiger partial charge in [0, 0.05) is 23.8 Å². The lowest BCUT2D eigenvalue weighted by atomic mass is 10.1. The first kappa shape index (κ1) is 12.3. The highest BCUT2D eigenvalue weighted by atomic mass is 32.1. The average molecular weight is 250 g/mol. The number of hydrogen-bond acceptors (Lipinski definition) is 4. The molecule has 0 spiro atoms. The molecule has 2 heterocycles. The van der Waals surface area contributed by atoms with Crippen LogP contribution in [0.1, 0.15) is 36.9 Å². The standard InChI is InChI=1S/C12H18N4S/c1-3-6-14-12(11-8-13-9-17-11)10-5-7-15-16(10)4-2/h5,7-9,12,14H,3-4,6H2,1-2H3. The topological polar surface area (TPSA) is 42.7 Å². The lowest BCUT2D eigenvalue weighted by Gasteiger charge is -2.17. The van der Waals surface area contributed by atoms with E-state index in [2.05, 4.69) is 35.3 Å². The third-order valence-corrected chi connectivity index (χ3v) is 3.52. The lowest BCUT2D eigenvalue weighted by Crippen LogP contribution is -2.25. The van der Waals surface area contributed by atoms with Crippen LogP contribution >= 0.6 is 11.3 Å². The Kier molecular flexibility index (Phi) is 4.28. The number of thiazole rings is 1. The third-order valence-electron chi connectivity index (χ3n) is 2.68. The number of aromatic nitrogens is 3. The van der Waals surface area contributed by atoms with Gasteiger partial charge in [0.25, 0.3) is 0 Å². The monoisotopic (exact) mass is 250 g/mol. The molecule has 0 radical (unpaired) electrons. The summed E-state index contributed by atoms with van der Waals surface area (Å²) in [6, 6.07) is 2.29. The van der Waals surface area contributed by atoms with Gasteiger partial charge in [0.15, 0.2) is 0 Å². The summed E-state index contributed by atoms with van der Waals surface area (Å²) in [6.07, 6.45) is 4.92. The van der Waals surface area contributed by atoms with E-state index in [1.165, 1.54) is 10.6 Å². The van der Waals surface area contributed by atoms with Crippen LogP contribution < -0.4 is 5.32 Å². The summed E-state index contributed by atoms with van der Waals surface area (Å²) < 4.78 is 2.03. The van der Waals surface area contributed by atoms with E-state index in [1.807, 2.05) is 22.6 Å². The maximum atomic E-state index is 4.33. The summed E-state index contributed by atoms with van der Waals surface area (Å²) in [5.41, 5.74) is 3.09. The van der Waals surface area contributed by atoms with Crippen LogP contribution in [0.15, 0.2) is 24.0 Å². The number of nitrogens with one attached hydrogen (secondary N) is 1. The number of nitrogens with zero attached hydrogens (tertiary/aromatic N) is 3. The first-order valence-electron chi connectivity index (χ1n) is 6.00. The Balaban J connectivity index is 2.27. The molecule has 0 bridgehead atoms. The number of rotatable bonds is 6. The van der Waals surface area contributed by atoms with Gasteiger partial charge in [0.2, 0.25) is 0 Å². The molecule has 1 N–H and O–H groups in total. The molecule has 1 atom stereocenters. The summed E-state index contributed by atoms with van der Waals surface area (Å²) in [7, 11) is 0. The molecule has 0 amide bonds. The summed E-state index contributed by atoms with van der Waals surface area (Å²) >= 11 is 1.68. The van der Waals surface area contributed by atoms with E-state index in [-0.39, 0.29) is 6.04 Å². The van der Waals surface area contributed by atoms with Crippen molar-refractivity contribution in [2.45, 2.75) is 32.9 Å². The molecule has 5 heteroatoms. The van der Waals surface area contributed by atoms with Gasteiger partial charge in [-0.25, -0.2) is 0 Å². The number of aryl methyl sites for hydroxylation is 1. The van der Waals surface area contributed by atoms with E-state index >= 15 is 0 Å². The molecule has 0 saturated heterocycles. The zero-order chi connectivity index (χ0) is 12.1. The van der Waals surface area contributed by atoms with Gasteiger partial charge in [-0.3, -0.25) is 9.67 Å². The molecule has 2 aromatic rings. The SMILES string of the molecule is CCCNC(c1cncs1)c1ccnn1CC. The van der Waals surface area contributed by atoms with Crippen molar-refractivity contribution in [1.29, 1.82) is 0 Å². The van der Waals surface area contributed by atoms with E-state index in [1.54, 1.807) is 11.3 Å². The van der Waals surface area contributed by atoms with E-state index < -0.39 is 0 Å². The van der Waals surface area contributed by atoms with Crippen molar-refractivity contribution in [1.82, 2.24) is 20.1 Å². The predicted molar refractivity (Wildman–Crippen MR) is 70.2 cm³/mol. The highest BCUT2D eigenvalue weighted by Crippen LogP contribution is 2.24. The Morgan fingerprint density at radius 1 is 1.47 bits per heavy atom. The van der Waals surface area contributed by atoms with Crippen molar-refractivity contribution in [2.75, 3.05) is 6.54 Å². The Morgan fingerprint density at radius 3 is 3.00 bits per heavy atom. The van der Waals surface area contributed by atoms with Crippen LogP contribution in [0.2, 0.25) is 0 Å². The summed E-state index contributed by atoms with van der Waals surface area (Å²) in [4.78, 5) is 5.41. The highest BCUT2D eigenvalue weighted by Gasteiger charge is 2.18. The van der Waals surface area contributed by atoms with Gasteiger partial charge < -0.3 is 5.32 Å². The van der Waals surface area contributed by atoms with Crippen LogP contribution in [0.4, 0.5) is 0 Å². The maximum Gasteiger partial charge on any atom is 0.0858 e. The first-order chi connectivity index (χ1) is 8.36. The second-order valence-corrected chi connectivity index (χ2v) is 4.78. The van der Waals surface area contributed by atoms with Gasteiger partial charge in [-0.1, -0.05) is 6.92 Å². The molecule has 0 aliphatic heterocycles. The van der Waals surface area contributed by atoms with E-state index in [0.717, 1.165) is 19.5 Å². The zero-order valence-corrected chi connectivity index (χ0v) is 11.1. The molecular formula is C12H18N4S. The maximum absolute atomic E-state index is 4.33. The van der Waals surface area contributed by atoms with E-state index in [4.69, 9.17) is 0 Å². The Hall–Kier alpha value is -1.20. The molecule has 1 unspecified atom stereocenters. The fourth-order valence-electron chi connectivity index (χ4n) is 1.86. The largest absolute Gasteiger partial charge is 0.304 e. The molecule has 2 rings (SSSR count). The van der Waals surface area contributed by atoms with Crippen LogP contribution in [0, 0.1) is 0 Å². The molecule has 2 aromatic heterocycles. The smallest absolute Gasteiger partial charge is 0.0858 e. The summed E-state index contributed by atoms with van der Waals surface area (Å²) in [5.74, 6) is 0. The van der Waals surface area contributed by atoms with Gasteiger partial charge in [-0.15, -0.1) is 11.3 Å². The van der Waals surface area contributed by atoms with Crippen LogP contribution in [0.5, 0.6) is 0 Å². The van der Waals surface area contributed by atoms with Crippen LogP contribution in [-0.4, -0.2) is 21.3 Å². The minimum Gasteiger partial charge on any atom is -0.304 e. The Bertz CT molecular complexity index is 435. The predicted octanol–water partition coefficient (Wildman–Crippen LogP) is 2.45. The highest BCUT2D eigenvalue weighted by molar-refractivity contribution is 7.09. The van der Waals surface area contributed by atoms with Crippen molar-refractivity contribution in [2.24, 2.45) is 0 Å². The second-order valence-electron chi connectivity index (χ2n) is 3.86. The molecule has 0 aliphatic rings. The van der Waals surface area contributed by atoms with E-state index in [0.29, 0.717) is 0 Å². The summed E-state index contributed by atoms with van der Waals surface area (Å²) in [5, 5.41) is 7.89. The van der Waals surface area contributed by atoms with Gasteiger partial charge >= 0.3 is 0 Å². The summed E-state index contributed by atoms with van der Waals surface area (Å²) in [6.45, 7) is 6.18. The van der Waals surface area contributed by atoms with Crippen molar-refractivity contribution < 1.29 is 0 Å². The molecule has 0 aromatic carbocycles. The van der Waals surface area contributed by atoms with Crippen LogP contribution in [0.3, 0.4) is 0 Å². The van der Waals surface area contributed by atoms with Gasteiger partial charge in [-0.2, -0.15) is 5.10 Å². The minimum absolute atomic E-state index is 0.213. The van der Waals surface area contributed by atoms with Gasteiger partial charge in [-0.05, 0) is 26.0 Å². The normalized spacial score (nSPS) is 12.8. The van der Waals surface area contributed by atoms with E-state index in [9.17, 15) is 0 Å². The Labute approximate surface area is 106 Å². The first-order valence-corrected chi connectivity index (χ1v) is 6.88. The lowest BCUT2D eigenvalue weighted by molar-refractivity contribution is 0.534. The molecule has 0 saturated carbocycles. The molecule has 0 aliphatic carbocycles. The average Bonchev–Trinajstić information content (AvgIpc) is 3.00. The van der Waals surface area contributed by atoms with Crippen molar-refractivity contribution in [3.63, 3.8) is 0 Å². The fraction of sp³-hybridized carbons (Fsp3) is 0.500. The quantitative estimate of drug-likeness (QED) is 0.856. The molecule has 17 heavy (non-hydrogen) atoms. The molecule has 4 nitrogen and oxygen atoms in total. The third kappa shape index (κ3) is 2.73. The van der Waals surface area contributed by atoms with Gasteiger partial charge in [0.05, 0.1) is 17.2 Å². The molecule has 92 valence electrons. The van der Waals surface area contributed by atoms with Crippen molar-refractivity contribution >= 4 is 11.3 Å². The second kappa shape index (κ2) is 5.93. The van der Waals surface area contributed by atoms with Crippen molar-refractivity contribution in [3.05, 3.63) is 34.5 Å². The van der Waals surface area contributed by atoms with Crippen molar-refractivity contribution in [3.8, 4) is 0 Å². The fourth-order valence-corrected chi connectivity index (χ4v) is 2.57. The number of hydrogen-bond donors (Lipinski definition) is 1. The van der Waals surface area contributed by atoms with Crippen LogP contribution in [0.25, 0.3) is 0 Å². The Morgan fingerprint density at radius 2 is 2.35 bits per heavy atom. The van der Waals surface area contributed by atoms with Gasteiger partial charge in [0.1, 0.15) is 0 Å². The minimum atomic E-state index is 0.213. The van der Waals surface area contributed by atoms with Crippen LogP contribution in [-0.2, 0) is 6.54 Å². The molecular weight excluding hydrogens is 232 g/mol. The zero-order valence-electron chi connectivity index (χ0n) is 10.3.